The van der Waals surface area contributed by atoms with Gasteiger partial charge in [0.2, 0.25) is 0 Å². The Labute approximate surface area is 340 Å². The fourth-order valence-corrected chi connectivity index (χ4v) is 10.4. The van der Waals surface area contributed by atoms with E-state index in [0.717, 1.165) is 74.5 Å². The highest BCUT2D eigenvalue weighted by Gasteiger charge is 2.30. The van der Waals surface area contributed by atoms with Crippen LogP contribution >= 0.6 is 0 Å². The number of furan rings is 2. The average Bonchev–Trinajstić information content (AvgIpc) is 4.03. The number of para-hydroxylation sites is 2. The fraction of sp³-hybridized carbons (Fsp3) is 0.0909. The molecule has 2 aliphatic carbocycles. The van der Waals surface area contributed by atoms with Crippen LogP contribution in [0, 0.1) is 0 Å². The molecule has 0 fully saturated rings. The number of aromatic nitrogens is 2. The first kappa shape index (κ1) is 32.8. The second-order valence-corrected chi connectivity index (χ2v) is 16.5. The van der Waals surface area contributed by atoms with E-state index in [9.17, 15) is 0 Å². The van der Waals surface area contributed by atoms with Crippen molar-refractivity contribution in [2.24, 2.45) is 0 Å². The van der Waals surface area contributed by atoms with Crippen molar-refractivity contribution in [2.75, 3.05) is 0 Å². The number of hydrogen-bond donors (Lipinski definition) is 0. The Kier molecular flexibility index (Phi) is 6.86. The Hall–Kier alpha value is -7.30. The lowest BCUT2D eigenvalue weighted by Gasteiger charge is -2.24. The zero-order valence-corrected chi connectivity index (χ0v) is 32.6. The first-order chi connectivity index (χ1) is 29.1. The van der Waals surface area contributed by atoms with Gasteiger partial charge in [0.25, 0.3) is 0 Å². The minimum atomic E-state index is 0.283. The molecule has 280 valence electrons. The lowest BCUT2D eigenvalue weighted by Crippen LogP contribution is -2.09. The van der Waals surface area contributed by atoms with Crippen LogP contribution in [0.25, 0.3) is 100 Å². The third-order valence-electron chi connectivity index (χ3n) is 13.1. The van der Waals surface area contributed by atoms with Crippen molar-refractivity contribution in [3.05, 3.63) is 191 Å². The largest absolute Gasteiger partial charge is 0.456 e. The van der Waals surface area contributed by atoms with Gasteiger partial charge in [0, 0.05) is 72.1 Å². The van der Waals surface area contributed by atoms with E-state index in [4.69, 9.17) is 8.83 Å². The predicted octanol–water partition coefficient (Wildman–Crippen LogP) is 14.9. The second kappa shape index (κ2) is 12.3. The van der Waals surface area contributed by atoms with Crippen molar-refractivity contribution in [1.82, 2.24) is 9.13 Å². The summed E-state index contributed by atoms with van der Waals surface area (Å²) in [7, 11) is 0. The van der Waals surface area contributed by atoms with Crippen LogP contribution in [-0.4, -0.2) is 9.13 Å². The van der Waals surface area contributed by atoms with Crippen LogP contribution in [0.4, 0.5) is 0 Å². The summed E-state index contributed by atoms with van der Waals surface area (Å²) in [5.74, 6) is 0.283. The van der Waals surface area contributed by atoms with Crippen molar-refractivity contribution in [3.8, 4) is 11.4 Å². The quantitative estimate of drug-likeness (QED) is 0.179. The van der Waals surface area contributed by atoms with Gasteiger partial charge in [-0.15, -0.1) is 0 Å². The van der Waals surface area contributed by atoms with Crippen molar-refractivity contribution < 1.29 is 8.83 Å². The molecule has 11 aromatic rings. The monoisotopic (exact) mass is 758 g/mol. The van der Waals surface area contributed by atoms with Crippen molar-refractivity contribution >= 4 is 89.0 Å². The Morgan fingerprint density at radius 2 is 0.966 bits per heavy atom. The van der Waals surface area contributed by atoms with E-state index >= 15 is 0 Å². The average molecular weight is 759 g/mol. The maximum Gasteiger partial charge on any atom is 0.135 e. The van der Waals surface area contributed by atoms with E-state index < -0.39 is 0 Å². The molecule has 0 spiro atoms. The normalized spacial score (nSPS) is 15.4. The van der Waals surface area contributed by atoms with E-state index in [0.29, 0.717) is 0 Å². The maximum atomic E-state index is 6.34. The minimum absolute atomic E-state index is 0.283. The third kappa shape index (κ3) is 4.84. The maximum absolute atomic E-state index is 6.34. The molecule has 1 atom stereocenters. The summed E-state index contributed by atoms with van der Waals surface area (Å²) in [6.45, 7) is 2.40. The highest BCUT2D eigenvalue weighted by molar-refractivity contribution is 6.11. The number of allylic oxidation sites excluding steroid dienone is 2. The molecule has 0 radical (unpaired) electrons. The lowest BCUT2D eigenvalue weighted by molar-refractivity contribution is 0.668. The Bertz CT molecular complexity index is 3590. The Morgan fingerprint density at radius 1 is 0.441 bits per heavy atom. The molecule has 7 aromatic carbocycles. The molecule has 0 saturated carbocycles. The van der Waals surface area contributed by atoms with Crippen molar-refractivity contribution in [1.29, 1.82) is 0 Å². The summed E-state index contributed by atoms with van der Waals surface area (Å²) >= 11 is 0. The summed E-state index contributed by atoms with van der Waals surface area (Å²) in [6.07, 6.45) is 7.84. The van der Waals surface area contributed by atoms with Gasteiger partial charge in [0.05, 0.1) is 11.0 Å². The molecular formula is C55H38N2O2. The molecule has 59 heavy (non-hydrogen) atoms. The molecule has 4 heterocycles. The highest BCUT2D eigenvalue weighted by atomic mass is 16.3. The van der Waals surface area contributed by atoms with Crippen molar-refractivity contribution in [2.45, 2.75) is 32.1 Å². The Balaban J connectivity index is 1.14. The number of rotatable bonds is 4. The lowest BCUT2D eigenvalue weighted by atomic mass is 9.84. The van der Waals surface area contributed by atoms with Gasteiger partial charge in [-0.25, -0.2) is 0 Å². The molecule has 1 unspecified atom stereocenters. The van der Waals surface area contributed by atoms with E-state index in [1.54, 1.807) is 0 Å². The molecule has 0 N–H and O–H groups in total. The summed E-state index contributed by atoms with van der Waals surface area (Å²) in [6, 6.07) is 57.1. The molecular weight excluding hydrogens is 721 g/mol. The molecule has 0 bridgehead atoms. The van der Waals surface area contributed by atoms with Gasteiger partial charge in [-0.1, -0.05) is 104 Å². The van der Waals surface area contributed by atoms with Gasteiger partial charge >= 0.3 is 0 Å². The topological polar surface area (TPSA) is 36.1 Å². The summed E-state index contributed by atoms with van der Waals surface area (Å²) in [5.41, 5.74) is 19.1. The zero-order chi connectivity index (χ0) is 38.8. The number of hydrogen-bond acceptors (Lipinski definition) is 2. The van der Waals surface area contributed by atoms with Crippen molar-refractivity contribution in [3.63, 3.8) is 0 Å². The van der Waals surface area contributed by atoms with Crippen LogP contribution in [0.2, 0.25) is 0 Å². The standard InChI is InChI=1S/C55H38N2O2/c1-33-26-37(35-14-6-3-7-15-35)28-47-44-31-43-42-27-36(34-12-4-2-5-13-34)20-23-48(42)56(38-21-24-53-45(29-38)40-16-8-10-18-51(40)58-53)49(43)32-50(44)57(55(33)47)39-22-25-54-46(30-39)41-17-9-11-19-52(41)59-54/h2-19,21-22,24-25,27-33H,20,23,26H2,1H3. The molecule has 0 aliphatic heterocycles. The van der Waals surface area contributed by atoms with Gasteiger partial charge in [0.1, 0.15) is 22.3 Å². The van der Waals surface area contributed by atoms with E-state index in [2.05, 4.69) is 174 Å². The van der Waals surface area contributed by atoms with Gasteiger partial charge in [-0.3, -0.25) is 0 Å². The molecule has 13 rings (SSSR count). The molecule has 4 heteroatoms. The third-order valence-corrected chi connectivity index (χ3v) is 13.1. The van der Waals surface area contributed by atoms with Crippen LogP contribution in [-0.2, 0) is 6.42 Å². The smallest absolute Gasteiger partial charge is 0.135 e. The van der Waals surface area contributed by atoms with Crippen LogP contribution in [0.3, 0.4) is 0 Å². The van der Waals surface area contributed by atoms with E-state index in [1.807, 2.05) is 12.1 Å². The molecule has 4 nitrogen and oxygen atoms in total. The number of benzene rings is 7. The first-order valence-corrected chi connectivity index (χ1v) is 20.8. The van der Waals surface area contributed by atoms with Gasteiger partial charge in [0.15, 0.2) is 0 Å². The van der Waals surface area contributed by atoms with Gasteiger partial charge in [-0.05, 0) is 114 Å². The van der Waals surface area contributed by atoms with Gasteiger partial charge in [-0.2, -0.15) is 0 Å². The first-order valence-electron chi connectivity index (χ1n) is 20.8. The SMILES string of the molecule is CC1CC(c2ccccc2)=Cc2c1n(-c1ccc3oc4ccccc4c3c1)c1cc3c(cc21)c1c(n3-c2ccc3oc4ccccc4c3c2)CCC(c2ccccc2)=C1. The summed E-state index contributed by atoms with van der Waals surface area (Å²) < 4.78 is 17.8. The summed E-state index contributed by atoms with van der Waals surface area (Å²) in [4.78, 5) is 0. The van der Waals surface area contributed by atoms with Crippen LogP contribution in [0.15, 0.2) is 167 Å². The van der Waals surface area contributed by atoms with E-state index in [-0.39, 0.29) is 5.92 Å². The van der Waals surface area contributed by atoms with Gasteiger partial charge < -0.3 is 18.0 Å². The number of nitrogens with zero attached hydrogens (tertiary/aromatic N) is 2. The van der Waals surface area contributed by atoms with E-state index in [1.165, 1.54) is 66.6 Å². The Morgan fingerprint density at radius 3 is 1.63 bits per heavy atom. The molecule has 2 aliphatic rings. The predicted molar refractivity (Wildman–Crippen MR) is 245 cm³/mol. The number of fused-ring (bicyclic) bond motifs is 12. The fourth-order valence-electron chi connectivity index (χ4n) is 10.4. The second-order valence-electron chi connectivity index (χ2n) is 16.5. The molecule has 0 saturated heterocycles. The molecule has 4 aromatic heterocycles. The highest BCUT2D eigenvalue weighted by Crippen LogP contribution is 2.48. The zero-order valence-electron chi connectivity index (χ0n) is 32.6. The summed E-state index contributed by atoms with van der Waals surface area (Å²) in [5, 5.41) is 7.11. The van der Waals surface area contributed by atoms with Crippen LogP contribution < -0.4 is 0 Å². The molecule has 0 amide bonds. The minimum Gasteiger partial charge on any atom is -0.456 e. The van der Waals surface area contributed by atoms with Crippen LogP contribution in [0.1, 0.15) is 59.3 Å². The van der Waals surface area contributed by atoms with Crippen LogP contribution in [0.5, 0.6) is 0 Å².